The highest BCUT2D eigenvalue weighted by molar-refractivity contribution is 7.13. The number of aryl methyl sites for hydroxylation is 1. The molecule has 1 fully saturated rings. The van der Waals surface area contributed by atoms with E-state index in [2.05, 4.69) is 20.4 Å². The molecule has 3 aromatic rings. The van der Waals surface area contributed by atoms with Crippen LogP contribution in [0.5, 0.6) is 0 Å². The van der Waals surface area contributed by atoms with E-state index in [4.69, 9.17) is 16.1 Å². The predicted octanol–water partition coefficient (Wildman–Crippen LogP) is 4.61. The summed E-state index contributed by atoms with van der Waals surface area (Å²) in [6.45, 7) is 4.09. The second-order valence-electron chi connectivity index (χ2n) is 7.01. The molecule has 0 bridgehead atoms. The zero-order valence-electron chi connectivity index (χ0n) is 15.5. The van der Waals surface area contributed by atoms with Crippen molar-refractivity contribution in [1.29, 1.82) is 0 Å². The van der Waals surface area contributed by atoms with Gasteiger partial charge in [0, 0.05) is 17.3 Å². The number of carbonyl (C=O) groups is 1. The Morgan fingerprint density at radius 1 is 1.43 bits per heavy atom. The summed E-state index contributed by atoms with van der Waals surface area (Å²) in [6, 6.07) is 9.46. The second kappa shape index (κ2) is 8.43. The van der Waals surface area contributed by atoms with Gasteiger partial charge in [-0.1, -0.05) is 28.9 Å². The van der Waals surface area contributed by atoms with Crippen molar-refractivity contribution in [2.24, 2.45) is 5.92 Å². The van der Waals surface area contributed by atoms with Crippen molar-refractivity contribution in [3.8, 4) is 10.7 Å². The van der Waals surface area contributed by atoms with Crippen molar-refractivity contribution < 1.29 is 9.32 Å². The van der Waals surface area contributed by atoms with Crippen LogP contribution in [0.15, 0.2) is 40.2 Å². The lowest BCUT2D eigenvalue weighted by molar-refractivity contribution is -0.121. The fourth-order valence-electron chi connectivity index (χ4n) is 3.39. The van der Waals surface area contributed by atoms with Gasteiger partial charge in [0.1, 0.15) is 0 Å². The molecule has 0 spiro atoms. The number of rotatable bonds is 5. The van der Waals surface area contributed by atoms with E-state index in [1.807, 2.05) is 36.6 Å². The molecule has 3 heterocycles. The number of carbonyl (C=O) groups excluding carboxylic acids is 1. The molecule has 1 aliphatic heterocycles. The molecule has 4 rings (SSSR count). The lowest BCUT2D eigenvalue weighted by Crippen LogP contribution is -2.40. The number of thiophene rings is 1. The van der Waals surface area contributed by atoms with Crippen LogP contribution >= 0.6 is 22.9 Å². The molecule has 6 nitrogen and oxygen atoms in total. The quantitative estimate of drug-likeness (QED) is 0.657. The van der Waals surface area contributed by atoms with Gasteiger partial charge in [-0.25, -0.2) is 0 Å². The Kier molecular flexibility index (Phi) is 5.75. The Balaban J connectivity index is 1.37. The third kappa shape index (κ3) is 4.43. The minimum atomic E-state index is -0.0770. The minimum absolute atomic E-state index is 0.0277. The molecule has 1 atom stereocenters. The van der Waals surface area contributed by atoms with Crippen molar-refractivity contribution in [3.05, 3.63) is 52.2 Å². The average Bonchev–Trinajstić information content (AvgIpc) is 3.36. The van der Waals surface area contributed by atoms with Crippen LogP contribution in [0, 0.1) is 12.8 Å². The van der Waals surface area contributed by atoms with Crippen LogP contribution in [0.2, 0.25) is 5.02 Å². The van der Waals surface area contributed by atoms with E-state index in [0.717, 1.165) is 35.5 Å². The average molecular weight is 417 g/mol. The summed E-state index contributed by atoms with van der Waals surface area (Å²) >= 11 is 7.64. The summed E-state index contributed by atoms with van der Waals surface area (Å²) in [7, 11) is 0. The van der Waals surface area contributed by atoms with Crippen LogP contribution in [0.4, 0.5) is 5.69 Å². The predicted molar refractivity (Wildman–Crippen MR) is 110 cm³/mol. The zero-order valence-corrected chi connectivity index (χ0v) is 17.1. The Labute approximate surface area is 172 Å². The molecule has 0 aliphatic carbocycles. The molecular weight excluding hydrogens is 396 g/mol. The van der Waals surface area contributed by atoms with Crippen molar-refractivity contribution in [2.45, 2.75) is 26.3 Å². The third-order valence-corrected chi connectivity index (χ3v) is 6.00. The van der Waals surface area contributed by atoms with Crippen LogP contribution in [0.25, 0.3) is 10.7 Å². The maximum absolute atomic E-state index is 12.8. The first kappa shape index (κ1) is 19.1. The van der Waals surface area contributed by atoms with Gasteiger partial charge in [0.05, 0.1) is 17.3 Å². The molecule has 0 radical (unpaired) electrons. The summed E-state index contributed by atoms with van der Waals surface area (Å²) < 4.78 is 5.40. The van der Waals surface area contributed by atoms with E-state index in [-0.39, 0.29) is 11.8 Å². The molecule has 1 N–H and O–H groups in total. The maximum Gasteiger partial charge on any atom is 0.241 e. The largest absolute Gasteiger partial charge is 0.338 e. The Hall–Kier alpha value is -2.22. The Morgan fingerprint density at radius 3 is 3.14 bits per heavy atom. The summed E-state index contributed by atoms with van der Waals surface area (Å²) in [4.78, 5) is 20.4. The van der Waals surface area contributed by atoms with Crippen LogP contribution in [0.1, 0.15) is 24.3 Å². The Bertz CT molecular complexity index is 957. The molecule has 8 heteroatoms. The first-order chi connectivity index (χ1) is 13.6. The summed E-state index contributed by atoms with van der Waals surface area (Å²) in [5.41, 5.74) is 1.77. The van der Waals surface area contributed by atoms with Gasteiger partial charge in [0.15, 0.2) is 0 Å². The van der Waals surface area contributed by atoms with Gasteiger partial charge < -0.3 is 9.84 Å². The first-order valence-electron chi connectivity index (χ1n) is 9.24. The molecule has 1 saturated heterocycles. The number of hydrogen-bond acceptors (Lipinski definition) is 6. The molecule has 1 aliphatic rings. The van der Waals surface area contributed by atoms with Gasteiger partial charge in [-0.3, -0.25) is 9.69 Å². The number of aromatic nitrogens is 2. The summed E-state index contributed by atoms with van der Waals surface area (Å²) in [5, 5.41) is 9.69. The van der Waals surface area contributed by atoms with Crippen LogP contribution in [-0.2, 0) is 11.3 Å². The number of nitrogens with one attached hydrogen (secondary N) is 1. The lowest BCUT2D eigenvalue weighted by atomic mass is 9.97. The lowest BCUT2D eigenvalue weighted by Gasteiger charge is -2.31. The highest BCUT2D eigenvalue weighted by Crippen LogP contribution is 2.25. The van der Waals surface area contributed by atoms with E-state index in [9.17, 15) is 4.79 Å². The number of piperidine rings is 1. The van der Waals surface area contributed by atoms with Crippen LogP contribution < -0.4 is 5.32 Å². The minimum Gasteiger partial charge on any atom is -0.338 e. The van der Waals surface area contributed by atoms with Crippen LogP contribution in [-0.4, -0.2) is 34.0 Å². The number of halogens is 1. The van der Waals surface area contributed by atoms with Crippen LogP contribution in [0.3, 0.4) is 0 Å². The van der Waals surface area contributed by atoms with Gasteiger partial charge in [0.2, 0.25) is 17.6 Å². The number of nitrogens with zero attached hydrogens (tertiary/aromatic N) is 3. The van der Waals surface area contributed by atoms with E-state index in [0.29, 0.717) is 29.8 Å². The molecule has 28 heavy (non-hydrogen) atoms. The van der Waals surface area contributed by atoms with Crippen molar-refractivity contribution in [1.82, 2.24) is 15.0 Å². The number of anilines is 1. The molecule has 1 amide bonds. The second-order valence-corrected chi connectivity index (χ2v) is 8.40. The van der Waals surface area contributed by atoms with E-state index in [1.54, 1.807) is 17.4 Å². The fraction of sp³-hybridized carbons (Fsp3) is 0.350. The molecule has 1 aromatic carbocycles. The number of hydrogen-bond donors (Lipinski definition) is 1. The zero-order chi connectivity index (χ0) is 19.5. The summed E-state index contributed by atoms with van der Waals surface area (Å²) in [5.74, 6) is 1.15. The molecular formula is C20H21ClN4O2S. The number of likely N-dealkylation sites (tertiary alicyclic amines) is 1. The SMILES string of the molecule is Cc1ccc(Cl)cc1NC(=O)C1CCCN(Cc2nc(-c3cccs3)no2)C1. The van der Waals surface area contributed by atoms with Crippen molar-refractivity contribution in [3.63, 3.8) is 0 Å². The third-order valence-electron chi connectivity index (χ3n) is 4.90. The fourth-order valence-corrected chi connectivity index (χ4v) is 4.21. The number of benzene rings is 1. The number of amides is 1. The standard InChI is InChI=1S/C20H21ClN4O2S/c1-13-6-7-15(21)10-16(13)22-20(26)14-4-2-8-25(11-14)12-18-23-19(24-27-18)17-5-3-9-28-17/h3,5-7,9-10,14H,2,4,8,11-12H2,1H3,(H,22,26). The highest BCUT2D eigenvalue weighted by Gasteiger charge is 2.27. The maximum atomic E-state index is 12.8. The normalized spacial score (nSPS) is 17.6. The van der Waals surface area contributed by atoms with Gasteiger partial charge in [-0.2, -0.15) is 4.98 Å². The first-order valence-corrected chi connectivity index (χ1v) is 10.5. The summed E-state index contributed by atoms with van der Waals surface area (Å²) in [6.07, 6.45) is 1.82. The molecule has 2 aromatic heterocycles. The highest BCUT2D eigenvalue weighted by atomic mass is 35.5. The van der Waals surface area contributed by atoms with Gasteiger partial charge in [0.25, 0.3) is 0 Å². The Morgan fingerprint density at radius 2 is 2.32 bits per heavy atom. The topological polar surface area (TPSA) is 71.3 Å². The van der Waals surface area contributed by atoms with Gasteiger partial charge in [-0.05, 0) is 55.5 Å². The van der Waals surface area contributed by atoms with E-state index < -0.39 is 0 Å². The van der Waals surface area contributed by atoms with E-state index in [1.165, 1.54) is 0 Å². The van der Waals surface area contributed by atoms with Crippen molar-refractivity contribution >= 4 is 34.5 Å². The van der Waals surface area contributed by atoms with Gasteiger partial charge in [-0.15, -0.1) is 11.3 Å². The van der Waals surface area contributed by atoms with Gasteiger partial charge >= 0.3 is 0 Å². The smallest absolute Gasteiger partial charge is 0.241 e. The molecule has 0 saturated carbocycles. The molecule has 146 valence electrons. The monoisotopic (exact) mass is 416 g/mol. The molecule has 1 unspecified atom stereocenters. The van der Waals surface area contributed by atoms with E-state index >= 15 is 0 Å². The van der Waals surface area contributed by atoms with Crippen molar-refractivity contribution in [2.75, 3.05) is 18.4 Å².